The summed E-state index contributed by atoms with van der Waals surface area (Å²) in [6.45, 7) is 5.52. The lowest BCUT2D eigenvalue weighted by Gasteiger charge is -2.15. The smallest absolute Gasteiger partial charge is 0.237 e. The number of hydrogen-bond acceptors (Lipinski definition) is 7. The van der Waals surface area contributed by atoms with Crippen LogP contribution in [0.5, 0.6) is 0 Å². The van der Waals surface area contributed by atoms with Crippen LogP contribution in [0.4, 0.5) is 0 Å². The molecule has 1 amide bonds. The molecule has 0 heterocycles. The van der Waals surface area contributed by atoms with Crippen LogP contribution in [-0.2, 0) is 28.5 Å². The first-order chi connectivity index (χ1) is 11.6. The minimum absolute atomic E-state index is 0.0791. The molecular weight excluding hydrogens is 316 g/mol. The second-order valence-electron chi connectivity index (χ2n) is 5.20. The quantitative estimate of drug-likeness (QED) is 0.350. The van der Waals surface area contributed by atoms with Crippen molar-refractivity contribution in [1.82, 2.24) is 10.6 Å². The molecule has 0 fully saturated rings. The van der Waals surface area contributed by atoms with Crippen molar-refractivity contribution in [3.8, 4) is 0 Å². The summed E-state index contributed by atoms with van der Waals surface area (Å²) in [5.74, 6) is -0.0395. The number of nitrogens with one attached hydrogen (secondary N) is 2. The van der Waals surface area contributed by atoms with Crippen molar-refractivity contribution in [2.24, 2.45) is 0 Å². The maximum absolute atomic E-state index is 11.9. The van der Waals surface area contributed by atoms with Crippen molar-refractivity contribution in [2.75, 3.05) is 67.0 Å². The summed E-state index contributed by atoms with van der Waals surface area (Å²) in [4.78, 5) is 22.8. The van der Waals surface area contributed by atoms with Gasteiger partial charge in [-0.25, -0.2) is 0 Å². The topological polar surface area (TPSA) is 95.1 Å². The van der Waals surface area contributed by atoms with Gasteiger partial charge in [-0.2, -0.15) is 0 Å². The van der Waals surface area contributed by atoms with Gasteiger partial charge in [0, 0.05) is 20.1 Å². The Labute approximate surface area is 144 Å². The zero-order chi connectivity index (χ0) is 18.0. The molecule has 8 heteroatoms. The van der Waals surface area contributed by atoms with E-state index in [1.54, 1.807) is 14.2 Å². The maximum Gasteiger partial charge on any atom is 0.237 e. The molecule has 0 aliphatic rings. The van der Waals surface area contributed by atoms with Gasteiger partial charge in [-0.1, -0.05) is 0 Å². The van der Waals surface area contributed by atoms with Crippen molar-refractivity contribution in [1.29, 1.82) is 0 Å². The first-order valence-corrected chi connectivity index (χ1v) is 8.28. The highest BCUT2D eigenvalue weighted by Gasteiger charge is 2.15. The van der Waals surface area contributed by atoms with Crippen LogP contribution >= 0.6 is 0 Å². The predicted octanol–water partition coefficient (Wildman–Crippen LogP) is -0.244. The Bertz CT molecular complexity index is 328. The summed E-state index contributed by atoms with van der Waals surface area (Å²) in [6.07, 6.45) is 0.890. The lowest BCUT2D eigenvalue weighted by atomic mass is 10.1. The number of rotatable bonds is 17. The van der Waals surface area contributed by atoms with Crippen LogP contribution < -0.4 is 10.6 Å². The number of ether oxygens (including phenoxy) is 4. The zero-order valence-electron chi connectivity index (χ0n) is 15.1. The number of hydrogen-bond donors (Lipinski definition) is 2. The third kappa shape index (κ3) is 14.5. The van der Waals surface area contributed by atoms with Crippen LogP contribution in [0.3, 0.4) is 0 Å². The molecule has 0 aromatic carbocycles. The zero-order valence-corrected chi connectivity index (χ0v) is 15.1. The Morgan fingerprint density at radius 2 is 1.46 bits per heavy atom. The van der Waals surface area contributed by atoms with Gasteiger partial charge < -0.3 is 34.4 Å². The largest absolute Gasteiger partial charge is 0.382 e. The molecule has 142 valence electrons. The molecule has 0 saturated carbocycles. The van der Waals surface area contributed by atoms with E-state index in [-0.39, 0.29) is 17.7 Å². The molecule has 0 aliphatic heterocycles. The molecule has 0 unspecified atom stereocenters. The molecule has 0 aliphatic carbocycles. The van der Waals surface area contributed by atoms with E-state index < -0.39 is 0 Å². The fourth-order valence-electron chi connectivity index (χ4n) is 1.81. The Hall–Kier alpha value is -1.06. The summed E-state index contributed by atoms with van der Waals surface area (Å²) >= 11 is 0. The fourth-order valence-corrected chi connectivity index (χ4v) is 1.81. The Kier molecular flexibility index (Phi) is 16.0. The molecule has 0 rings (SSSR count). The van der Waals surface area contributed by atoms with Crippen LogP contribution in [0, 0.1) is 0 Å². The predicted molar refractivity (Wildman–Crippen MR) is 90.1 cm³/mol. The summed E-state index contributed by atoms with van der Waals surface area (Å²) in [7, 11) is 3.34. The maximum atomic E-state index is 11.9. The van der Waals surface area contributed by atoms with Crippen LogP contribution in [0.25, 0.3) is 0 Å². The monoisotopic (exact) mass is 348 g/mol. The molecule has 2 N–H and O–H groups in total. The van der Waals surface area contributed by atoms with Gasteiger partial charge in [0.05, 0.1) is 52.3 Å². The highest BCUT2D eigenvalue weighted by molar-refractivity contribution is 5.83. The SMILES string of the molecule is CN[C@@H](CCC(C)=O)C(=O)NCCOCCOCCOCCOC. The van der Waals surface area contributed by atoms with Gasteiger partial charge in [0.15, 0.2) is 0 Å². The van der Waals surface area contributed by atoms with Crippen molar-refractivity contribution in [2.45, 2.75) is 25.8 Å². The summed E-state index contributed by atoms with van der Waals surface area (Å²) < 4.78 is 20.8. The van der Waals surface area contributed by atoms with Gasteiger partial charge in [-0.05, 0) is 20.4 Å². The molecule has 0 saturated heterocycles. The Morgan fingerprint density at radius 1 is 0.917 bits per heavy atom. The van der Waals surface area contributed by atoms with E-state index in [0.29, 0.717) is 65.6 Å². The van der Waals surface area contributed by atoms with Crippen LogP contribution in [-0.4, -0.2) is 84.7 Å². The summed E-state index contributed by atoms with van der Waals surface area (Å²) in [5.41, 5.74) is 0. The number of amides is 1. The fraction of sp³-hybridized carbons (Fsp3) is 0.875. The van der Waals surface area contributed by atoms with Gasteiger partial charge in [0.25, 0.3) is 0 Å². The minimum atomic E-state index is -0.352. The molecule has 0 aromatic rings. The lowest BCUT2D eigenvalue weighted by Crippen LogP contribution is -2.43. The molecule has 8 nitrogen and oxygen atoms in total. The molecular formula is C16H32N2O6. The third-order valence-corrected chi connectivity index (χ3v) is 3.17. The van der Waals surface area contributed by atoms with E-state index >= 15 is 0 Å². The van der Waals surface area contributed by atoms with Gasteiger partial charge in [-0.15, -0.1) is 0 Å². The van der Waals surface area contributed by atoms with E-state index in [1.165, 1.54) is 6.92 Å². The summed E-state index contributed by atoms with van der Waals surface area (Å²) in [5, 5.41) is 5.68. The van der Waals surface area contributed by atoms with Gasteiger partial charge in [0.1, 0.15) is 5.78 Å². The molecule has 0 spiro atoms. The Balaban J connectivity index is 3.42. The van der Waals surface area contributed by atoms with Crippen molar-refractivity contribution < 1.29 is 28.5 Å². The summed E-state index contributed by atoms with van der Waals surface area (Å²) in [6, 6.07) is -0.352. The van der Waals surface area contributed by atoms with E-state index in [0.717, 1.165) is 0 Å². The molecule has 1 atom stereocenters. The normalized spacial score (nSPS) is 12.1. The van der Waals surface area contributed by atoms with E-state index in [4.69, 9.17) is 18.9 Å². The number of ketones is 1. The number of carbonyl (C=O) groups excluding carboxylic acids is 2. The molecule has 0 bridgehead atoms. The molecule has 24 heavy (non-hydrogen) atoms. The van der Waals surface area contributed by atoms with Crippen molar-refractivity contribution in [3.63, 3.8) is 0 Å². The van der Waals surface area contributed by atoms with E-state index in [2.05, 4.69) is 10.6 Å². The number of likely N-dealkylation sites (N-methyl/N-ethyl adjacent to an activating group) is 1. The standard InChI is InChI=1S/C16H32N2O6/c1-14(19)4-5-15(17-2)16(20)18-6-7-22-10-11-24-13-12-23-9-8-21-3/h15,17H,4-13H2,1-3H3,(H,18,20)/t15-/m0/s1. The van der Waals surface area contributed by atoms with Gasteiger partial charge >= 0.3 is 0 Å². The highest BCUT2D eigenvalue weighted by Crippen LogP contribution is 1.98. The lowest BCUT2D eigenvalue weighted by molar-refractivity contribution is -0.123. The second-order valence-corrected chi connectivity index (χ2v) is 5.20. The number of Topliss-reactive ketones (excluding diaryl/α,β-unsaturated/α-hetero) is 1. The number of carbonyl (C=O) groups is 2. The van der Waals surface area contributed by atoms with Gasteiger partial charge in [0.2, 0.25) is 5.91 Å². The molecule has 0 aromatic heterocycles. The van der Waals surface area contributed by atoms with Crippen molar-refractivity contribution in [3.05, 3.63) is 0 Å². The van der Waals surface area contributed by atoms with Crippen LogP contribution in [0.1, 0.15) is 19.8 Å². The first kappa shape index (κ1) is 22.9. The number of methoxy groups -OCH3 is 1. The average molecular weight is 348 g/mol. The Morgan fingerprint density at radius 3 is 1.96 bits per heavy atom. The molecule has 0 radical (unpaired) electrons. The average Bonchev–Trinajstić information content (AvgIpc) is 2.56. The highest BCUT2D eigenvalue weighted by atomic mass is 16.6. The van der Waals surface area contributed by atoms with E-state index in [1.807, 2.05) is 0 Å². The first-order valence-electron chi connectivity index (χ1n) is 8.28. The third-order valence-electron chi connectivity index (χ3n) is 3.17. The second kappa shape index (κ2) is 16.8. The van der Waals surface area contributed by atoms with E-state index in [9.17, 15) is 9.59 Å². The minimum Gasteiger partial charge on any atom is -0.382 e. The van der Waals surface area contributed by atoms with Gasteiger partial charge in [-0.3, -0.25) is 4.79 Å². The van der Waals surface area contributed by atoms with Crippen LogP contribution in [0.2, 0.25) is 0 Å². The van der Waals surface area contributed by atoms with Crippen molar-refractivity contribution >= 4 is 11.7 Å². The van der Waals surface area contributed by atoms with Crippen LogP contribution in [0.15, 0.2) is 0 Å².